The van der Waals surface area contributed by atoms with Crippen molar-refractivity contribution in [3.8, 4) is 0 Å². The molecule has 0 spiro atoms. The Hall–Kier alpha value is -4.04. The van der Waals surface area contributed by atoms with Gasteiger partial charge in [-0.05, 0) is 41.2 Å². The molecule has 4 rings (SSSR count). The molecular weight excluding hydrogens is 482 g/mol. The topological polar surface area (TPSA) is 105 Å². The van der Waals surface area contributed by atoms with Crippen molar-refractivity contribution in [3.05, 3.63) is 83.9 Å². The Morgan fingerprint density at radius 3 is 2.45 bits per heavy atom. The van der Waals surface area contributed by atoms with Crippen LogP contribution in [0.4, 0.5) is 0 Å². The van der Waals surface area contributed by atoms with E-state index in [4.69, 9.17) is 4.74 Å². The molecule has 0 radical (unpaired) electrons. The Labute approximate surface area is 222 Å². The highest BCUT2D eigenvalue weighted by atomic mass is 16.5. The number of Topliss-reactive ketones (excluding diaryl/α,β-unsaturated/α-hetero) is 1. The molecular formula is C30H33N3O5. The lowest BCUT2D eigenvalue weighted by Crippen LogP contribution is -2.54. The maximum Gasteiger partial charge on any atom is 0.292 e. The highest BCUT2D eigenvalue weighted by molar-refractivity contribution is 6.38. The van der Waals surface area contributed by atoms with Crippen LogP contribution < -0.4 is 10.6 Å². The fourth-order valence-corrected chi connectivity index (χ4v) is 4.71. The zero-order valence-corrected chi connectivity index (χ0v) is 21.5. The number of likely N-dealkylation sites (tertiary alicyclic amines) is 1. The number of hydrogen-bond donors (Lipinski definition) is 2. The summed E-state index contributed by atoms with van der Waals surface area (Å²) in [5.41, 5.74) is 2.01. The van der Waals surface area contributed by atoms with Gasteiger partial charge in [-0.25, -0.2) is 0 Å². The molecule has 8 nitrogen and oxygen atoms in total. The summed E-state index contributed by atoms with van der Waals surface area (Å²) in [7, 11) is 0. The van der Waals surface area contributed by atoms with Gasteiger partial charge in [0.05, 0.1) is 13.2 Å². The van der Waals surface area contributed by atoms with Crippen LogP contribution in [0.3, 0.4) is 0 Å². The summed E-state index contributed by atoms with van der Waals surface area (Å²) in [6.07, 6.45) is 1.76. The molecule has 0 aliphatic carbocycles. The first-order valence-electron chi connectivity index (χ1n) is 12.9. The predicted octanol–water partition coefficient (Wildman–Crippen LogP) is 2.78. The molecule has 3 aromatic carbocycles. The molecule has 1 aliphatic rings. The summed E-state index contributed by atoms with van der Waals surface area (Å²) in [5, 5.41) is 7.74. The molecule has 3 aromatic rings. The molecule has 1 aliphatic heterocycles. The maximum atomic E-state index is 13.1. The van der Waals surface area contributed by atoms with Gasteiger partial charge < -0.3 is 20.3 Å². The summed E-state index contributed by atoms with van der Waals surface area (Å²) in [6.45, 7) is 2.11. The highest BCUT2D eigenvalue weighted by Crippen LogP contribution is 2.19. The van der Waals surface area contributed by atoms with Crippen LogP contribution in [-0.4, -0.2) is 60.2 Å². The van der Waals surface area contributed by atoms with Crippen LogP contribution in [0.1, 0.15) is 30.9 Å². The minimum Gasteiger partial charge on any atom is -0.374 e. The van der Waals surface area contributed by atoms with E-state index in [2.05, 4.69) is 34.9 Å². The fraction of sp³-hybridized carbons (Fsp3) is 0.333. The van der Waals surface area contributed by atoms with Crippen LogP contribution >= 0.6 is 0 Å². The quantitative estimate of drug-likeness (QED) is 0.382. The Kier molecular flexibility index (Phi) is 9.21. The normalized spacial score (nSPS) is 15.7. The largest absolute Gasteiger partial charge is 0.374 e. The van der Waals surface area contributed by atoms with Gasteiger partial charge in [-0.2, -0.15) is 0 Å². The molecule has 1 heterocycles. The van der Waals surface area contributed by atoms with Crippen LogP contribution in [0.2, 0.25) is 0 Å². The van der Waals surface area contributed by atoms with Gasteiger partial charge in [0.15, 0.2) is 0 Å². The molecule has 2 atom stereocenters. The smallest absolute Gasteiger partial charge is 0.292 e. The Morgan fingerprint density at radius 2 is 1.68 bits per heavy atom. The number of carbonyl (C=O) groups is 4. The second kappa shape index (κ2) is 13.0. The molecule has 2 N–H and O–H groups in total. The lowest BCUT2D eigenvalue weighted by molar-refractivity contribution is -0.149. The van der Waals surface area contributed by atoms with Crippen molar-refractivity contribution in [1.29, 1.82) is 0 Å². The number of amides is 3. The van der Waals surface area contributed by atoms with Crippen molar-refractivity contribution in [1.82, 2.24) is 15.5 Å². The summed E-state index contributed by atoms with van der Waals surface area (Å²) >= 11 is 0. The van der Waals surface area contributed by atoms with Gasteiger partial charge in [0.25, 0.3) is 5.91 Å². The lowest BCUT2D eigenvalue weighted by Gasteiger charge is -2.25. The average molecular weight is 516 g/mol. The first kappa shape index (κ1) is 27.0. The van der Waals surface area contributed by atoms with E-state index in [1.807, 2.05) is 48.5 Å². The Morgan fingerprint density at radius 1 is 0.947 bits per heavy atom. The molecule has 8 heteroatoms. The van der Waals surface area contributed by atoms with E-state index in [-0.39, 0.29) is 19.1 Å². The van der Waals surface area contributed by atoms with Gasteiger partial charge in [-0.1, -0.05) is 72.8 Å². The number of fused-ring (bicyclic) bond motifs is 1. The molecule has 198 valence electrons. The first-order valence-corrected chi connectivity index (χ1v) is 12.9. The standard InChI is InChI=1S/C30H33N3O5/c1-21(34)32-26(20-38-19-23-8-3-2-4-9-23)28(35)30(37)33-17-7-12-27(33)29(36)31-16-15-22-13-14-24-10-5-6-11-25(24)18-22/h2-6,8-11,13-14,18,26-27H,7,12,15-17,19-20H2,1H3,(H,31,36)(H,32,34)/t26?,27-/m0/s1. The number of ketones is 1. The van der Waals surface area contributed by atoms with Crippen molar-refractivity contribution >= 4 is 34.3 Å². The summed E-state index contributed by atoms with van der Waals surface area (Å²) in [5.74, 6) is -2.28. The van der Waals surface area contributed by atoms with Crippen molar-refractivity contribution in [3.63, 3.8) is 0 Å². The summed E-state index contributed by atoms with van der Waals surface area (Å²) in [4.78, 5) is 52.2. The second-order valence-electron chi connectivity index (χ2n) is 9.50. The molecule has 1 fully saturated rings. The third-order valence-corrected chi connectivity index (χ3v) is 6.64. The van der Waals surface area contributed by atoms with Gasteiger partial charge in [-0.15, -0.1) is 0 Å². The fourth-order valence-electron chi connectivity index (χ4n) is 4.71. The summed E-state index contributed by atoms with van der Waals surface area (Å²) < 4.78 is 5.63. The number of nitrogens with one attached hydrogen (secondary N) is 2. The van der Waals surface area contributed by atoms with Crippen LogP contribution in [0, 0.1) is 0 Å². The van der Waals surface area contributed by atoms with E-state index in [9.17, 15) is 19.2 Å². The number of hydrogen-bond acceptors (Lipinski definition) is 5. The van der Waals surface area contributed by atoms with Gasteiger partial charge >= 0.3 is 0 Å². The maximum absolute atomic E-state index is 13.1. The monoisotopic (exact) mass is 515 g/mol. The third kappa shape index (κ3) is 7.04. The summed E-state index contributed by atoms with van der Waals surface area (Å²) in [6, 6.07) is 21.9. The average Bonchev–Trinajstić information content (AvgIpc) is 3.42. The molecule has 1 saturated heterocycles. The lowest BCUT2D eigenvalue weighted by atomic mass is 10.1. The molecule has 0 saturated carbocycles. The minimum atomic E-state index is -1.12. The van der Waals surface area contributed by atoms with E-state index in [1.54, 1.807) is 0 Å². The first-order chi connectivity index (χ1) is 18.4. The van der Waals surface area contributed by atoms with Gasteiger partial charge in [0, 0.05) is 20.0 Å². The molecule has 0 bridgehead atoms. The third-order valence-electron chi connectivity index (χ3n) is 6.64. The predicted molar refractivity (Wildman–Crippen MR) is 144 cm³/mol. The van der Waals surface area contributed by atoms with Gasteiger partial charge in [0.1, 0.15) is 12.1 Å². The minimum absolute atomic E-state index is 0.143. The van der Waals surface area contributed by atoms with Crippen molar-refractivity contribution < 1.29 is 23.9 Å². The highest BCUT2D eigenvalue weighted by Gasteiger charge is 2.39. The SMILES string of the molecule is CC(=O)NC(COCc1ccccc1)C(=O)C(=O)N1CCC[C@H]1C(=O)NCCc1ccc2ccccc2c1. The van der Waals surface area contributed by atoms with Crippen LogP contribution in [0.25, 0.3) is 10.8 Å². The molecule has 1 unspecified atom stereocenters. The number of rotatable bonds is 11. The van der Waals surface area contributed by atoms with Crippen molar-refractivity contribution in [2.75, 3.05) is 19.7 Å². The van der Waals surface area contributed by atoms with Crippen molar-refractivity contribution in [2.45, 2.75) is 44.9 Å². The number of benzene rings is 3. The van der Waals surface area contributed by atoms with Crippen LogP contribution in [0.5, 0.6) is 0 Å². The van der Waals surface area contributed by atoms with Crippen LogP contribution in [-0.2, 0) is 36.9 Å². The Bertz CT molecular complexity index is 1290. The number of carbonyl (C=O) groups excluding carboxylic acids is 4. The van der Waals surface area contributed by atoms with E-state index in [1.165, 1.54) is 11.8 Å². The van der Waals surface area contributed by atoms with Gasteiger partial charge in [-0.3, -0.25) is 19.2 Å². The molecule has 0 aromatic heterocycles. The van der Waals surface area contributed by atoms with Gasteiger partial charge in [0.2, 0.25) is 17.6 Å². The van der Waals surface area contributed by atoms with E-state index >= 15 is 0 Å². The number of ether oxygens (including phenoxy) is 1. The molecule has 3 amide bonds. The zero-order chi connectivity index (χ0) is 26.9. The number of nitrogens with zero attached hydrogens (tertiary/aromatic N) is 1. The molecule has 38 heavy (non-hydrogen) atoms. The van der Waals surface area contributed by atoms with Crippen molar-refractivity contribution in [2.24, 2.45) is 0 Å². The van der Waals surface area contributed by atoms with E-state index < -0.39 is 29.7 Å². The van der Waals surface area contributed by atoms with E-state index in [0.29, 0.717) is 32.4 Å². The second-order valence-corrected chi connectivity index (χ2v) is 9.50. The van der Waals surface area contributed by atoms with Crippen LogP contribution in [0.15, 0.2) is 72.8 Å². The Balaban J connectivity index is 1.31. The van der Waals surface area contributed by atoms with E-state index in [0.717, 1.165) is 21.9 Å². The zero-order valence-electron chi connectivity index (χ0n) is 21.5.